The molecule has 8 heteroatoms. The first-order valence-corrected chi connectivity index (χ1v) is 10.1. The number of carbonyl (C=O) groups excluding carboxylic acids is 2. The lowest BCUT2D eigenvalue weighted by atomic mass is 10.1. The molecule has 1 fully saturated rings. The maximum atomic E-state index is 12.8. The summed E-state index contributed by atoms with van der Waals surface area (Å²) in [5.41, 5.74) is 0.909. The van der Waals surface area contributed by atoms with E-state index in [4.69, 9.17) is 14.2 Å². The van der Waals surface area contributed by atoms with Gasteiger partial charge in [0.2, 0.25) is 17.6 Å². The van der Waals surface area contributed by atoms with Crippen LogP contribution in [0.15, 0.2) is 12.1 Å². The molecule has 1 N–H and O–H groups in total. The number of ether oxygens (including phenoxy) is 3. The highest BCUT2D eigenvalue weighted by Gasteiger charge is 2.22. The lowest BCUT2D eigenvalue weighted by Crippen LogP contribution is -2.40. The molecule has 0 bridgehead atoms. The van der Waals surface area contributed by atoms with Crippen LogP contribution in [0.3, 0.4) is 0 Å². The number of methoxy groups -OCH3 is 3. The molecule has 1 aromatic carbocycles. The van der Waals surface area contributed by atoms with Gasteiger partial charge in [0, 0.05) is 39.1 Å². The standard InChI is InChI=1S/C21H33N3O5/c1-5-22-18(25)15-23-11-6-12-24(14-13-23)19(26)10-8-16-7-9-17(27-2)21(29-4)20(16)28-3/h7,9H,5-6,8,10-15H2,1-4H3,(H,22,25). The zero-order chi connectivity index (χ0) is 21.2. The molecule has 0 aromatic heterocycles. The molecule has 1 heterocycles. The van der Waals surface area contributed by atoms with Crippen LogP contribution in [0, 0.1) is 0 Å². The van der Waals surface area contributed by atoms with Crippen LogP contribution in [0.2, 0.25) is 0 Å². The smallest absolute Gasteiger partial charge is 0.234 e. The summed E-state index contributed by atoms with van der Waals surface area (Å²) in [6.07, 6.45) is 1.81. The van der Waals surface area contributed by atoms with E-state index in [1.807, 2.05) is 24.0 Å². The molecule has 162 valence electrons. The first-order valence-electron chi connectivity index (χ1n) is 10.1. The van der Waals surface area contributed by atoms with Gasteiger partial charge < -0.3 is 24.4 Å². The molecular weight excluding hydrogens is 374 g/mol. The molecular formula is C21H33N3O5. The van der Waals surface area contributed by atoms with Crippen molar-refractivity contribution in [1.82, 2.24) is 15.1 Å². The quantitative estimate of drug-likeness (QED) is 0.665. The number of rotatable bonds is 9. The average molecular weight is 408 g/mol. The van der Waals surface area contributed by atoms with Crippen LogP contribution in [0.5, 0.6) is 17.2 Å². The Kier molecular flexibility index (Phi) is 9.05. The molecule has 8 nitrogen and oxygen atoms in total. The number of carbonyl (C=O) groups is 2. The molecule has 1 aromatic rings. The van der Waals surface area contributed by atoms with Crippen molar-refractivity contribution in [3.63, 3.8) is 0 Å². The molecule has 0 unspecified atom stereocenters. The summed E-state index contributed by atoms with van der Waals surface area (Å²) in [5.74, 6) is 1.88. The number of benzene rings is 1. The third-order valence-corrected chi connectivity index (χ3v) is 5.08. The highest BCUT2D eigenvalue weighted by molar-refractivity contribution is 5.78. The molecule has 1 saturated heterocycles. The first-order chi connectivity index (χ1) is 14.0. The molecule has 1 aliphatic heterocycles. The van der Waals surface area contributed by atoms with Crippen molar-refractivity contribution in [2.45, 2.75) is 26.2 Å². The minimum Gasteiger partial charge on any atom is -0.493 e. The Bertz CT molecular complexity index is 695. The fourth-order valence-corrected chi connectivity index (χ4v) is 3.59. The van der Waals surface area contributed by atoms with Crippen molar-refractivity contribution in [3.8, 4) is 17.2 Å². The summed E-state index contributed by atoms with van der Waals surface area (Å²) in [7, 11) is 4.73. The maximum Gasteiger partial charge on any atom is 0.234 e. The highest BCUT2D eigenvalue weighted by atomic mass is 16.5. The minimum absolute atomic E-state index is 0.0350. The molecule has 0 aliphatic carbocycles. The Morgan fingerprint density at radius 3 is 2.41 bits per heavy atom. The Morgan fingerprint density at radius 1 is 1.00 bits per heavy atom. The Balaban J connectivity index is 1.93. The number of aryl methyl sites for hydroxylation is 1. The van der Waals surface area contributed by atoms with Crippen LogP contribution in [-0.2, 0) is 16.0 Å². The van der Waals surface area contributed by atoms with Crippen LogP contribution >= 0.6 is 0 Å². The Hall–Kier alpha value is -2.48. The largest absolute Gasteiger partial charge is 0.493 e. The minimum atomic E-state index is 0.0350. The topological polar surface area (TPSA) is 80.3 Å². The van der Waals surface area contributed by atoms with Crippen LogP contribution in [0.25, 0.3) is 0 Å². The normalized spacial score (nSPS) is 14.8. The van der Waals surface area contributed by atoms with Crippen LogP contribution in [-0.4, -0.2) is 82.2 Å². The van der Waals surface area contributed by atoms with Gasteiger partial charge in [-0.3, -0.25) is 14.5 Å². The lowest BCUT2D eigenvalue weighted by Gasteiger charge is -2.22. The summed E-state index contributed by atoms with van der Waals surface area (Å²) < 4.78 is 16.2. The van der Waals surface area contributed by atoms with Gasteiger partial charge in [0.15, 0.2) is 11.5 Å². The second kappa shape index (κ2) is 11.5. The monoisotopic (exact) mass is 407 g/mol. The van der Waals surface area contributed by atoms with E-state index in [-0.39, 0.29) is 11.8 Å². The number of nitrogens with zero attached hydrogens (tertiary/aromatic N) is 2. The van der Waals surface area contributed by atoms with Gasteiger partial charge in [-0.2, -0.15) is 0 Å². The molecule has 0 atom stereocenters. The van der Waals surface area contributed by atoms with Crippen molar-refractivity contribution < 1.29 is 23.8 Å². The second-order valence-corrected chi connectivity index (χ2v) is 6.96. The number of hydrogen-bond donors (Lipinski definition) is 1. The first kappa shape index (κ1) is 22.8. The van der Waals surface area contributed by atoms with Crippen LogP contribution < -0.4 is 19.5 Å². The SMILES string of the molecule is CCNC(=O)CN1CCCN(C(=O)CCc2ccc(OC)c(OC)c2OC)CC1. The van der Waals surface area contributed by atoms with Gasteiger partial charge in [0.05, 0.1) is 27.9 Å². The maximum absolute atomic E-state index is 12.8. The fraction of sp³-hybridized carbons (Fsp3) is 0.619. The predicted octanol–water partition coefficient (Wildman–Crippen LogP) is 1.32. The molecule has 2 rings (SSSR count). The van der Waals surface area contributed by atoms with E-state index in [2.05, 4.69) is 10.2 Å². The van der Waals surface area contributed by atoms with Gasteiger partial charge in [0.25, 0.3) is 0 Å². The van der Waals surface area contributed by atoms with Gasteiger partial charge in [-0.1, -0.05) is 6.07 Å². The van der Waals surface area contributed by atoms with Crippen LogP contribution in [0.4, 0.5) is 0 Å². The van der Waals surface area contributed by atoms with E-state index in [0.717, 1.165) is 18.5 Å². The van der Waals surface area contributed by atoms with Gasteiger partial charge in [0.1, 0.15) is 0 Å². The summed E-state index contributed by atoms with van der Waals surface area (Å²) in [6, 6.07) is 3.73. The summed E-state index contributed by atoms with van der Waals surface area (Å²) in [6.45, 7) is 5.83. The summed E-state index contributed by atoms with van der Waals surface area (Å²) >= 11 is 0. The van der Waals surface area contributed by atoms with Crippen molar-refractivity contribution >= 4 is 11.8 Å². The van der Waals surface area contributed by atoms with E-state index in [0.29, 0.717) is 62.8 Å². The highest BCUT2D eigenvalue weighted by Crippen LogP contribution is 2.40. The van der Waals surface area contributed by atoms with E-state index >= 15 is 0 Å². The molecule has 0 spiro atoms. The van der Waals surface area contributed by atoms with Crippen molar-refractivity contribution in [2.75, 3.05) is 60.6 Å². The molecule has 0 saturated carbocycles. The van der Waals surface area contributed by atoms with Gasteiger partial charge in [-0.05, 0) is 31.4 Å². The van der Waals surface area contributed by atoms with Crippen molar-refractivity contribution in [1.29, 1.82) is 0 Å². The van der Waals surface area contributed by atoms with Crippen molar-refractivity contribution in [3.05, 3.63) is 17.7 Å². The van der Waals surface area contributed by atoms with Gasteiger partial charge in [-0.25, -0.2) is 0 Å². The summed E-state index contributed by atoms with van der Waals surface area (Å²) in [4.78, 5) is 28.6. The third kappa shape index (κ3) is 6.25. The second-order valence-electron chi connectivity index (χ2n) is 6.96. The predicted molar refractivity (Wildman–Crippen MR) is 111 cm³/mol. The number of likely N-dealkylation sites (N-methyl/N-ethyl adjacent to an activating group) is 1. The number of amides is 2. The van der Waals surface area contributed by atoms with Gasteiger partial charge in [-0.15, -0.1) is 0 Å². The van der Waals surface area contributed by atoms with E-state index < -0.39 is 0 Å². The van der Waals surface area contributed by atoms with Crippen molar-refractivity contribution in [2.24, 2.45) is 0 Å². The molecule has 0 radical (unpaired) electrons. The zero-order valence-corrected chi connectivity index (χ0v) is 18.0. The lowest BCUT2D eigenvalue weighted by molar-refractivity contribution is -0.131. The van der Waals surface area contributed by atoms with E-state index in [1.54, 1.807) is 21.3 Å². The fourth-order valence-electron chi connectivity index (χ4n) is 3.59. The van der Waals surface area contributed by atoms with Crippen LogP contribution in [0.1, 0.15) is 25.3 Å². The summed E-state index contributed by atoms with van der Waals surface area (Å²) in [5, 5.41) is 2.82. The Labute approximate surface area is 173 Å². The molecule has 2 amide bonds. The average Bonchev–Trinajstić information content (AvgIpc) is 2.96. The zero-order valence-electron chi connectivity index (χ0n) is 18.0. The van der Waals surface area contributed by atoms with E-state index in [9.17, 15) is 9.59 Å². The molecule has 29 heavy (non-hydrogen) atoms. The number of nitrogens with one attached hydrogen (secondary N) is 1. The number of hydrogen-bond acceptors (Lipinski definition) is 6. The van der Waals surface area contributed by atoms with E-state index in [1.165, 1.54) is 0 Å². The Morgan fingerprint density at radius 2 is 1.76 bits per heavy atom. The van der Waals surface area contributed by atoms with Gasteiger partial charge >= 0.3 is 0 Å². The third-order valence-electron chi connectivity index (χ3n) is 5.08. The molecule has 1 aliphatic rings.